The molecule has 1 unspecified atom stereocenters. The first-order chi connectivity index (χ1) is 13.2. The van der Waals surface area contributed by atoms with Gasteiger partial charge in [0, 0.05) is 26.1 Å². The third-order valence-electron chi connectivity index (χ3n) is 6.17. The molecule has 1 saturated carbocycles. The number of nitrogens with zero attached hydrogens (tertiary/aromatic N) is 1. The van der Waals surface area contributed by atoms with Crippen molar-refractivity contribution in [2.45, 2.75) is 64.2 Å². The van der Waals surface area contributed by atoms with Crippen LogP contribution in [0, 0.1) is 11.8 Å². The van der Waals surface area contributed by atoms with Crippen LogP contribution >= 0.6 is 0 Å². The van der Waals surface area contributed by atoms with Crippen LogP contribution in [0.1, 0.15) is 63.4 Å². The number of rotatable bonds is 9. The Balaban J connectivity index is 1.35. The highest BCUT2D eigenvalue weighted by molar-refractivity contribution is 5.83. The number of carbonyl (C=O) groups is 2. The molecule has 1 N–H and O–H groups in total. The summed E-state index contributed by atoms with van der Waals surface area (Å²) in [6.45, 7) is 2.12. The quantitative estimate of drug-likeness (QED) is 0.669. The van der Waals surface area contributed by atoms with Crippen molar-refractivity contribution < 1.29 is 9.59 Å². The maximum Gasteiger partial charge on any atom is 0.224 e. The lowest BCUT2D eigenvalue weighted by molar-refractivity contribution is -0.138. The highest BCUT2D eigenvalue weighted by Gasteiger charge is 2.29. The molecule has 3 rings (SSSR count). The summed E-state index contributed by atoms with van der Waals surface area (Å²) in [6.07, 6.45) is 11.0. The van der Waals surface area contributed by atoms with E-state index >= 15 is 0 Å². The predicted octanol–water partition coefficient (Wildman–Crippen LogP) is 3.94. The van der Waals surface area contributed by atoms with E-state index in [0.717, 1.165) is 38.3 Å². The minimum Gasteiger partial charge on any atom is -0.356 e. The van der Waals surface area contributed by atoms with E-state index in [4.69, 9.17) is 0 Å². The van der Waals surface area contributed by atoms with Crippen LogP contribution in [0.25, 0.3) is 0 Å². The van der Waals surface area contributed by atoms with Crippen molar-refractivity contribution in [1.29, 1.82) is 0 Å². The number of carbonyl (C=O) groups excluding carboxylic acids is 2. The monoisotopic (exact) mass is 370 g/mol. The summed E-state index contributed by atoms with van der Waals surface area (Å²) in [6, 6.07) is 10.4. The lowest BCUT2D eigenvalue weighted by Gasteiger charge is -2.32. The molecule has 1 aromatic carbocycles. The zero-order valence-electron chi connectivity index (χ0n) is 16.5. The fourth-order valence-corrected chi connectivity index (χ4v) is 4.51. The molecule has 2 aliphatic rings. The van der Waals surface area contributed by atoms with Crippen molar-refractivity contribution in [3.8, 4) is 0 Å². The Morgan fingerprint density at radius 3 is 2.63 bits per heavy atom. The second kappa shape index (κ2) is 10.5. The summed E-state index contributed by atoms with van der Waals surface area (Å²) in [4.78, 5) is 26.6. The minimum absolute atomic E-state index is 0.0362. The number of nitrogens with one attached hydrogen (secondary N) is 1. The number of likely N-dealkylation sites (tertiary alicyclic amines) is 1. The molecule has 4 heteroatoms. The SMILES string of the molecule is O=C(NCCCC1CCCC1)C1CCC(=O)N(CCCc2ccccc2)C1. The van der Waals surface area contributed by atoms with Crippen LogP contribution in [0.3, 0.4) is 0 Å². The topological polar surface area (TPSA) is 49.4 Å². The van der Waals surface area contributed by atoms with Gasteiger partial charge in [0.15, 0.2) is 0 Å². The zero-order chi connectivity index (χ0) is 18.9. The molecule has 1 aromatic rings. The molecule has 1 aliphatic heterocycles. The van der Waals surface area contributed by atoms with Crippen molar-refractivity contribution in [2.24, 2.45) is 11.8 Å². The summed E-state index contributed by atoms with van der Waals surface area (Å²) in [5, 5.41) is 3.12. The van der Waals surface area contributed by atoms with Gasteiger partial charge in [0.05, 0.1) is 5.92 Å². The Morgan fingerprint density at radius 2 is 1.85 bits per heavy atom. The van der Waals surface area contributed by atoms with Gasteiger partial charge >= 0.3 is 0 Å². The summed E-state index contributed by atoms with van der Waals surface area (Å²) >= 11 is 0. The molecular formula is C23H34N2O2. The summed E-state index contributed by atoms with van der Waals surface area (Å²) in [7, 11) is 0. The molecule has 148 valence electrons. The molecule has 0 aromatic heterocycles. The van der Waals surface area contributed by atoms with Gasteiger partial charge in [-0.2, -0.15) is 0 Å². The van der Waals surface area contributed by atoms with Gasteiger partial charge in [0.25, 0.3) is 0 Å². The number of hydrogen-bond donors (Lipinski definition) is 1. The molecule has 1 aliphatic carbocycles. The highest BCUT2D eigenvalue weighted by Crippen LogP contribution is 2.28. The Kier molecular flexibility index (Phi) is 7.73. The van der Waals surface area contributed by atoms with Crippen LogP contribution < -0.4 is 5.32 Å². The predicted molar refractivity (Wildman–Crippen MR) is 108 cm³/mol. The lowest BCUT2D eigenvalue weighted by Crippen LogP contribution is -2.46. The number of amides is 2. The normalized spacial score (nSPS) is 20.8. The third kappa shape index (κ3) is 6.37. The van der Waals surface area contributed by atoms with E-state index in [1.807, 2.05) is 11.0 Å². The van der Waals surface area contributed by atoms with E-state index in [2.05, 4.69) is 29.6 Å². The second-order valence-electron chi connectivity index (χ2n) is 8.25. The Bertz CT molecular complexity index is 596. The van der Waals surface area contributed by atoms with Crippen molar-refractivity contribution in [3.63, 3.8) is 0 Å². The maximum absolute atomic E-state index is 12.5. The molecule has 2 fully saturated rings. The van der Waals surface area contributed by atoms with Crippen LogP contribution in [-0.2, 0) is 16.0 Å². The van der Waals surface area contributed by atoms with Gasteiger partial charge in [-0.1, -0.05) is 56.0 Å². The van der Waals surface area contributed by atoms with Crippen molar-refractivity contribution >= 4 is 11.8 Å². The van der Waals surface area contributed by atoms with Crippen molar-refractivity contribution in [3.05, 3.63) is 35.9 Å². The van der Waals surface area contributed by atoms with E-state index in [-0.39, 0.29) is 17.7 Å². The minimum atomic E-state index is -0.0362. The van der Waals surface area contributed by atoms with Crippen molar-refractivity contribution in [1.82, 2.24) is 10.2 Å². The largest absolute Gasteiger partial charge is 0.356 e. The number of benzene rings is 1. The van der Waals surface area contributed by atoms with Crippen molar-refractivity contribution in [2.75, 3.05) is 19.6 Å². The Labute approximate surface area is 163 Å². The van der Waals surface area contributed by atoms with Gasteiger partial charge in [0.2, 0.25) is 11.8 Å². The standard InChI is InChI=1S/C23H34N2O2/c26-22-15-14-21(23(27)24-16-6-12-19-10-4-5-11-19)18-25(22)17-7-13-20-8-2-1-3-9-20/h1-3,8-9,19,21H,4-7,10-18H2,(H,24,27). The van der Waals surface area contributed by atoms with Gasteiger partial charge < -0.3 is 10.2 Å². The molecule has 0 radical (unpaired) electrons. The van der Waals surface area contributed by atoms with Gasteiger partial charge in [-0.05, 0) is 43.6 Å². The third-order valence-corrected chi connectivity index (χ3v) is 6.17. The highest BCUT2D eigenvalue weighted by atomic mass is 16.2. The van der Waals surface area contributed by atoms with Gasteiger partial charge in [0.1, 0.15) is 0 Å². The van der Waals surface area contributed by atoms with Gasteiger partial charge in [-0.15, -0.1) is 0 Å². The second-order valence-corrected chi connectivity index (χ2v) is 8.25. The van der Waals surface area contributed by atoms with Gasteiger partial charge in [-0.3, -0.25) is 9.59 Å². The van der Waals surface area contributed by atoms with E-state index in [1.54, 1.807) is 0 Å². The Hall–Kier alpha value is -1.84. The van der Waals surface area contributed by atoms with E-state index in [1.165, 1.54) is 37.7 Å². The van der Waals surface area contributed by atoms with Crippen LogP contribution in [0.2, 0.25) is 0 Å². The van der Waals surface area contributed by atoms with Gasteiger partial charge in [-0.25, -0.2) is 0 Å². The molecule has 4 nitrogen and oxygen atoms in total. The summed E-state index contributed by atoms with van der Waals surface area (Å²) in [5.41, 5.74) is 1.30. The molecule has 0 bridgehead atoms. The first kappa shape index (κ1) is 19.9. The van der Waals surface area contributed by atoms with Crippen LogP contribution in [0.4, 0.5) is 0 Å². The summed E-state index contributed by atoms with van der Waals surface area (Å²) in [5.74, 6) is 1.19. The van der Waals surface area contributed by atoms with E-state index in [0.29, 0.717) is 19.4 Å². The lowest BCUT2D eigenvalue weighted by atomic mass is 9.96. The van der Waals surface area contributed by atoms with Crippen LogP contribution in [0.5, 0.6) is 0 Å². The van der Waals surface area contributed by atoms with E-state index in [9.17, 15) is 9.59 Å². The average molecular weight is 371 g/mol. The number of aryl methyl sites for hydroxylation is 1. The molecule has 0 spiro atoms. The van der Waals surface area contributed by atoms with E-state index < -0.39 is 0 Å². The summed E-state index contributed by atoms with van der Waals surface area (Å²) < 4.78 is 0. The first-order valence-electron chi connectivity index (χ1n) is 10.8. The fourth-order valence-electron chi connectivity index (χ4n) is 4.51. The maximum atomic E-state index is 12.5. The smallest absolute Gasteiger partial charge is 0.224 e. The number of hydrogen-bond acceptors (Lipinski definition) is 2. The Morgan fingerprint density at radius 1 is 1.07 bits per heavy atom. The molecular weight excluding hydrogens is 336 g/mol. The van der Waals surface area contributed by atoms with Crippen LogP contribution in [-0.4, -0.2) is 36.3 Å². The average Bonchev–Trinajstić information content (AvgIpc) is 3.21. The molecule has 27 heavy (non-hydrogen) atoms. The molecule has 1 atom stereocenters. The molecule has 1 saturated heterocycles. The fraction of sp³-hybridized carbons (Fsp3) is 0.652. The zero-order valence-corrected chi connectivity index (χ0v) is 16.5. The first-order valence-corrected chi connectivity index (χ1v) is 10.8. The molecule has 1 heterocycles. The number of piperidine rings is 1. The van der Waals surface area contributed by atoms with Crippen LogP contribution in [0.15, 0.2) is 30.3 Å². The molecule has 2 amide bonds.